The lowest BCUT2D eigenvalue weighted by molar-refractivity contribution is -0.267. The molecule has 0 aliphatic carbocycles. The quantitative estimate of drug-likeness (QED) is 0.0480. The summed E-state index contributed by atoms with van der Waals surface area (Å²) in [4.78, 5) is 11.2. The third kappa shape index (κ3) is 9.24. The van der Waals surface area contributed by atoms with Gasteiger partial charge < -0.3 is 24.4 Å². The Balaban J connectivity index is 1.28. The van der Waals surface area contributed by atoms with Crippen molar-refractivity contribution in [3.05, 3.63) is 215 Å². The highest BCUT2D eigenvalue weighted by Crippen LogP contribution is 2.41. The number of hydrogen-bond donors (Lipinski definition) is 4. The van der Waals surface area contributed by atoms with Crippen molar-refractivity contribution < 1.29 is 29.2 Å². The summed E-state index contributed by atoms with van der Waals surface area (Å²) in [5, 5.41) is 29.9. The summed E-state index contributed by atoms with van der Waals surface area (Å²) < 4.78 is 19.9. The number of hydrogen-bond acceptors (Lipinski definition) is 7. The summed E-state index contributed by atoms with van der Waals surface area (Å²) in [5.74, 6) is -0.815. The van der Waals surface area contributed by atoms with E-state index in [2.05, 4.69) is 83.4 Å². The molecule has 1 aliphatic rings. The lowest BCUT2D eigenvalue weighted by Gasteiger charge is -2.49. The molecule has 0 amide bonds. The molecule has 1 aliphatic heterocycles. The highest BCUT2D eigenvalue weighted by Gasteiger charge is 2.51. The average molecular weight is 791 g/mol. The molecule has 304 valence electrons. The zero-order valence-corrected chi connectivity index (χ0v) is 33.5. The Morgan fingerprint density at radius 3 is 1.36 bits per heavy atom. The van der Waals surface area contributed by atoms with Crippen LogP contribution in [0.1, 0.15) is 59.1 Å². The maximum atomic E-state index is 12.8. The number of rotatable bonds is 19. The minimum absolute atomic E-state index is 0.101. The standard InChI is InChI=1S/C51H54N2O6/c1-57-49-46(53-51(41-29-15-5-16-30-41,42-31-17-6-18-32-42)43-33-19-7-20-34-43)47(56)48(58-36-22-8-21-35-45(54)55)44(59-49)37-52-50(38-23-9-2-10-24-38,39-25-11-3-12-26-39)40-27-13-4-14-28-40/h2-7,9-20,23-34,44,46-49,52-53,56H,8,21-22,35-37H2,1H3,(H,54,55)/t44?,46?,47-,48-,49+/m1/s1. The van der Waals surface area contributed by atoms with E-state index in [-0.39, 0.29) is 13.0 Å². The van der Waals surface area contributed by atoms with Crippen LogP contribution in [0.5, 0.6) is 0 Å². The number of aliphatic hydroxyl groups is 1. The van der Waals surface area contributed by atoms with Gasteiger partial charge in [-0.05, 0) is 46.2 Å². The lowest BCUT2D eigenvalue weighted by Crippen LogP contribution is -2.68. The smallest absolute Gasteiger partial charge is 0.303 e. The monoisotopic (exact) mass is 790 g/mol. The third-order valence-corrected chi connectivity index (χ3v) is 11.4. The fraction of sp³-hybridized carbons (Fsp3) is 0.275. The van der Waals surface area contributed by atoms with E-state index in [9.17, 15) is 15.0 Å². The lowest BCUT2D eigenvalue weighted by atomic mass is 9.75. The summed E-state index contributed by atoms with van der Waals surface area (Å²) in [7, 11) is 1.61. The minimum atomic E-state index is -1.10. The molecule has 0 saturated carbocycles. The molecule has 1 heterocycles. The van der Waals surface area contributed by atoms with Gasteiger partial charge in [-0.2, -0.15) is 0 Å². The summed E-state index contributed by atoms with van der Waals surface area (Å²) in [5.41, 5.74) is 4.38. The number of aliphatic hydroxyl groups excluding tert-OH is 1. The molecule has 8 heteroatoms. The van der Waals surface area contributed by atoms with E-state index in [1.807, 2.05) is 109 Å². The molecular weight excluding hydrogens is 737 g/mol. The van der Waals surface area contributed by atoms with Crippen LogP contribution in [0.2, 0.25) is 0 Å². The highest BCUT2D eigenvalue weighted by atomic mass is 16.7. The van der Waals surface area contributed by atoms with E-state index in [0.717, 1.165) is 33.4 Å². The van der Waals surface area contributed by atoms with Crippen LogP contribution in [-0.4, -0.2) is 67.1 Å². The largest absolute Gasteiger partial charge is 0.481 e. The number of carboxylic acids is 1. The van der Waals surface area contributed by atoms with Crippen LogP contribution >= 0.6 is 0 Å². The van der Waals surface area contributed by atoms with Crippen molar-refractivity contribution in [1.82, 2.24) is 10.6 Å². The number of nitrogens with one attached hydrogen (secondary N) is 2. The van der Waals surface area contributed by atoms with Crippen LogP contribution in [0.4, 0.5) is 0 Å². The summed E-state index contributed by atoms with van der Waals surface area (Å²) in [6.45, 7) is 0.598. The van der Waals surface area contributed by atoms with Crippen LogP contribution < -0.4 is 10.6 Å². The molecule has 59 heavy (non-hydrogen) atoms. The van der Waals surface area contributed by atoms with E-state index in [1.165, 1.54) is 0 Å². The molecule has 1 saturated heterocycles. The fourth-order valence-electron chi connectivity index (χ4n) is 8.61. The molecule has 5 atom stereocenters. The van der Waals surface area contributed by atoms with Crippen molar-refractivity contribution in [2.24, 2.45) is 0 Å². The number of carboxylic acid groups (broad SMARTS) is 1. The van der Waals surface area contributed by atoms with Gasteiger partial charge in [0.1, 0.15) is 18.3 Å². The van der Waals surface area contributed by atoms with Crippen LogP contribution in [0, 0.1) is 0 Å². The van der Waals surface area contributed by atoms with Crippen molar-refractivity contribution in [2.45, 2.75) is 67.4 Å². The Bertz CT molecular complexity index is 1950. The van der Waals surface area contributed by atoms with Gasteiger partial charge in [-0.15, -0.1) is 0 Å². The second-order valence-electron chi connectivity index (χ2n) is 15.1. The number of methoxy groups -OCH3 is 1. The van der Waals surface area contributed by atoms with Crippen molar-refractivity contribution in [3.8, 4) is 0 Å². The molecule has 0 spiro atoms. The topological polar surface area (TPSA) is 109 Å². The molecule has 2 unspecified atom stereocenters. The molecule has 7 rings (SSSR count). The van der Waals surface area contributed by atoms with Crippen LogP contribution in [0.3, 0.4) is 0 Å². The summed E-state index contributed by atoms with van der Waals surface area (Å²) in [6.07, 6.45) is -1.49. The van der Waals surface area contributed by atoms with E-state index >= 15 is 0 Å². The molecule has 0 bridgehead atoms. The van der Waals surface area contributed by atoms with Gasteiger partial charge in [0.25, 0.3) is 0 Å². The Hall–Kier alpha value is -5.45. The normalized spacial score (nSPS) is 19.6. The Morgan fingerprint density at radius 1 is 0.593 bits per heavy atom. The van der Waals surface area contributed by atoms with Crippen molar-refractivity contribution >= 4 is 5.97 Å². The molecule has 0 aromatic heterocycles. The number of carbonyl (C=O) groups is 1. The maximum absolute atomic E-state index is 12.8. The first-order valence-corrected chi connectivity index (χ1v) is 20.5. The van der Waals surface area contributed by atoms with Gasteiger partial charge in [-0.3, -0.25) is 15.4 Å². The number of ether oxygens (including phenoxy) is 3. The zero-order valence-electron chi connectivity index (χ0n) is 33.5. The molecule has 8 nitrogen and oxygen atoms in total. The second-order valence-corrected chi connectivity index (χ2v) is 15.1. The van der Waals surface area contributed by atoms with E-state index < -0.39 is 47.7 Å². The predicted octanol–water partition coefficient (Wildman–Crippen LogP) is 8.28. The summed E-state index contributed by atoms with van der Waals surface area (Å²) >= 11 is 0. The van der Waals surface area contributed by atoms with E-state index in [0.29, 0.717) is 25.9 Å². The van der Waals surface area contributed by atoms with Crippen molar-refractivity contribution in [2.75, 3.05) is 20.3 Å². The van der Waals surface area contributed by atoms with Gasteiger partial charge in [0.2, 0.25) is 0 Å². The Kier molecular flexibility index (Phi) is 14.1. The maximum Gasteiger partial charge on any atom is 0.303 e. The van der Waals surface area contributed by atoms with Gasteiger partial charge >= 0.3 is 5.97 Å². The molecule has 1 fully saturated rings. The first-order chi connectivity index (χ1) is 29.0. The van der Waals surface area contributed by atoms with Gasteiger partial charge in [0, 0.05) is 26.7 Å². The molecule has 0 radical (unpaired) electrons. The van der Waals surface area contributed by atoms with E-state index in [1.54, 1.807) is 7.11 Å². The first-order valence-electron chi connectivity index (χ1n) is 20.5. The Morgan fingerprint density at radius 2 is 0.983 bits per heavy atom. The average Bonchev–Trinajstić information content (AvgIpc) is 3.30. The predicted molar refractivity (Wildman–Crippen MR) is 231 cm³/mol. The van der Waals surface area contributed by atoms with Crippen LogP contribution in [0.25, 0.3) is 0 Å². The van der Waals surface area contributed by atoms with Crippen LogP contribution in [-0.2, 0) is 30.1 Å². The van der Waals surface area contributed by atoms with Crippen molar-refractivity contribution in [1.29, 1.82) is 0 Å². The second kappa shape index (κ2) is 20.0. The number of aliphatic carboxylic acids is 1. The third-order valence-electron chi connectivity index (χ3n) is 11.4. The van der Waals surface area contributed by atoms with Crippen LogP contribution in [0.15, 0.2) is 182 Å². The molecule has 6 aromatic rings. The highest BCUT2D eigenvalue weighted by molar-refractivity contribution is 5.66. The van der Waals surface area contributed by atoms with Gasteiger partial charge in [0.05, 0.1) is 17.1 Å². The summed E-state index contributed by atoms with van der Waals surface area (Å²) in [6, 6.07) is 61.0. The zero-order chi connectivity index (χ0) is 40.9. The number of unbranched alkanes of at least 4 members (excludes halogenated alkanes) is 2. The van der Waals surface area contributed by atoms with Gasteiger partial charge in [0.15, 0.2) is 6.29 Å². The Labute approximate surface area is 347 Å². The van der Waals surface area contributed by atoms with Gasteiger partial charge in [-0.25, -0.2) is 0 Å². The molecular formula is C51H54N2O6. The SMILES string of the molecule is CO[C@H]1OC(CNC(c2ccccc2)(c2ccccc2)c2ccccc2)[C@@H](OCCCCCC(=O)O)[C@H](O)C1NC(c1ccccc1)(c1ccccc1)c1ccccc1. The fourth-order valence-corrected chi connectivity index (χ4v) is 8.61. The molecule has 4 N–H and O–H groups in total. The van der Waals surface area contributed by atoms with Gasteiger partial charge in [-0.1, -0.05) is 188 Å². The first kappa shape index (κ1) is 41.7. The number of benzene rings is 6. The molecule has 6 aromatic carbocycles. The van der Waals surface area contributed by atoms with E-state index in [4.69, 9.17) is 14.2 Å². The minimum Gasteiger partial charge on any atom is -0.481 e. The van der Waals surface area contributed by atoms with Crippen molar-refractivity contribution in [3.63, 3.8) is 0 Å².